The molecule has 9 aromatic rings. The molecule has 10 rings (SSSR count). The summed E-state index contributed by atoms with van der Waals surface area (Å²) in [6.07, 6.45) is 3.66. The van der Waals surface area contributed by atoms with Crippen LogP contribution in [0.1, 0.15) is 25.0 Å². The molecule has 0 radical (unpaired) electrons. The second kappa shape index (κ2) is 11.9. The molecule has 0 amide bonds. The van der Waals surface area contributed by atoms with E-state index in [4.69, 9.17) is 19.9 Å². The fraction of sp³-hybridized carbons (Fsp3) is 0.0638. The van der Waals surface area contributed by atoms with E-state index in [2.05, 4.69) is 123 Å². The summed E-state index contributed by atoms with van der Waals surface area (Å²) in [6.45, 7) is 4.59. The van der Waals surface area contributed by atoms with Crippen molar-refractivity contribution in [3.05, 3.63) is 169 Å². The third-order valence-electron chi connectivity index (χ3n) is 10.4. The van der Waals surface area contributed by atoms with Gasteiger partial charge in [-0.3, -0.25) is 9.97 Å². The molecule has 4 aromatic heterocycles. The van der Waals surface area contributed by atoms with Crippen molar-refractivity contribution in [1.29, 1.82) is 0 Å². The van der Waals surface area contributed by atoms with Crippen LogP contribution >= 0.6 is 11.3 Å². The van der Waals surface area contributed by atoms with Gasteiger partial charge in [-0.15, -0.1) is 11.3 Å². The van der Waals surface area contributed by atoms with Crippen LogP contribution in [0, 0.1) is 0 Å². The lowest BCUT2D eigenvalue weighted by Crippen LogP contribution is -2.17. The molecule has 5 aromatic carbocycles. The molecule has 52 heavy (non-hydrogen) atoms. The second-order valence-electron chi connectivity index (χ2n) is 13.9. The molecule has 0 saturated carbocycles. The van der Waals surface area contributed by atoms with E-state index >= 15 is 0 Å². The first-order valence-corrected chi connectivity index (χ1v) is 18.4. The Morgan fingerprint density at radius 3 is 1.81 bits per heavy atom. The van der Waals surface area contributed by atoms with Crippen LogP contribution in [0.3, 0.4) is 0 Å². The number of fused-ring (bicyclic) bond motifs is 6. The number of nitrogens with zero attached hydrogens (tertiary/aromatic N) is 4. The molecule has 4 nitrogen and oxygen atoms in total. The molecule has 0 bridgehead atoms. The highest BCUT2D eigenvalue weighted by Gasteiger charge is 2.40. The topological polar surface area (TPSA) is 51.6 Å². The summed E-state index contributed by atoms with van der Waals surface area (Å²) in [5, 5.41) is 2.61. The number of thiophene rings is 1. The molecule has 1 aliphatic carbocycles. The molecular formula is C47H32N4S. The predicted molar refractivity (Wildman–Crippen MR) is 215 cm³/mol. The minimum Gasteiger partial charge on any atom is -0.256 e. The van der Waals surface area contributed by atoms with Crippen molar-refractivity contribution < 1.29 is 0 Å². The first kappa shape index (κ1) is 30.5. The van der Waals surface area contributed by atoms with Gasteiger partial charge in [0.1, 0.15) is 0 Å². The van der Waals surface area contributed by atoms with Gasteiger partial charge in [-0.2, -0.15) is 0 Å². The Morgan fingerprint density at radius 2 is 1.08 bits per heavy atom. The zero-order valence-corrected chi connectivity index (χ0v) is 29.5. The minimum atomic E-state index is -0.282. The summed E-state index contributed by atoms with van der Waals surface area (Å²) in [4.78, 5) is 20.2. The van der Waals surface area contributed by atoms with Crippen molar-refractivity contribution in [3.8, 4) is 67.5 Å². The Kier molecular flexibility index (Phi) is 6.98. The Labute approximate surface area is 306 Å². The molecule has 0 atom stereocenters. The monoisotopic (exact) mass is 684 g/mol. The molecule has 0 fully saturated rings. The third-order valence-corrected chi connectivity index (χ3v) is 11.6. The van der Waals surface area contributed by atoms with Crippen molar-refractivity contribution in [2.45, 2.75) is 19.3 Å². The highest BCUT2D eigenvalue weighted by Crippen LogP contribution is 2.51. The number of hydrogen-bond acceptors (Lipinski definition) is 5. The molecule has 5 heteroatoms. The summed E-state index contributed by atoms with van der Waals surface area (Å²) in [7, 11) is 0. The van der Waals surface area contributed by atoms with Crippen molar-refractivity contribution in [1.82, 2.24) is 19.9 Å². The fourth-order valence-corrected chi connectivity index (χ4v) is 9.09. The predicted octanol–water partition coefficient (Wildman–Crippen LogP) is 12.3. The average molecular weight is 685 g/mol. The third kappa shape index (κ3) is 4.89. The molecule has 0 N–H and O–H groups in total. The number of benzene rings is 5. The highest BCUT2D eigenvalue weighted by molar-refractivity contribution is 7.26. The molecule has 246 valence electrons. The number of aromatic nitrogens is 4. The maximum Gasteiger partial charge on any atom is 0.160 e. The minimum absolute atomic E-state index is 0.282. The van der Waals surface area contributed by atoms with Gasteiger partial charge < -0.3 is 0 Å². The molecule has 4 heterocycles. The smallest absolute Gasteiger partial charge is 0.160 e. The largest absolute Gasteiger partial charge is 0.256 e. The summed E-state index contributed by atoms with van der Waals surface area (Å²) >= 11 is 1.86. The molecular weight excluding hydrogens is 653 g/mol. The lowest BCUT2D eigenvalue weighted by Gasteiger charge is -2.24. The van der Waals surface area contributed by atoms with Crippen LogP contribution in [-0.2, 0) is 5.41 Å². The Balaban J connectivity index is 1.17. The van der Waals surface area contributed by atoms with Crippen LogP contribution in [-0.4, -0.2) is 19.9 Å². The lowest BCUT2D eigenvalue weighted by molar-refractivity contribution is 0.658. The van der Waals surface area contributed by atoms with Gasteiger partial charge in [0.15, 0.2) is 5.82 Å². The summed E-state index contributed by atoms with van der Waals surface area (Å²) in [5.41, 5.74) is 13.4. The van der Waals surface area contributed by atoms with E-state index < -0.39 is 0 Å². The van der Waals surface area contributed by atoms with Crippen LogP contribution in [0.2, 0.25) is 0 Å². The van der Waals surface area contributed by atoms with E-state index in [0.29, 0.717) is 5.82 Å². The van der Waals surface area contributed by atoms with Crippen LogP contribution < -0.4 is 0 Å². The van der Waals surface area contributed by atoms with Gasteiger partial charge >= 0.3 is 0 Å². The van der Waals surface area contributed by atoms with Gasteiger partial charge in [-0.1, -0.05) is 111 Å². The number of rotatable bonds is 5. The normalized spacial score (nSPS) is 13.0. The maximum atomic E-state index is 5.46. The van der Waals surface area contributed by atoms with E-state index in [9.17, 15) is 0 Å². The Bertz CT molecular complexity index is 2750. The highest BCUT2D eigenvalue weighted by atomic mass is 32.1. The fourth-order valence-electron chi connectivity index (χ4n) is 7.86. The first-order valence-electron chi connectivity index (χ1n) is 17.5. The van der Waals surface area contributed by atoms with Gasteiger partial charge in [0.05, 0.1) is 22.8 Å². The molecule has 0 spiro atoms. The van der Waals surface area contributed by atoms with E-state index in [1.54, 1.807) is 0 Å². The van der Waals surface area contributed by atoms with Crippen molar-refractivity contribution in [2.75, 3.05) is 0 Å². The SMILES string of the molecule is CC1(C)c2ccccc2-c2nc(-c3cc(-c4ccccn4)cc(-c4ccccn4)c3)nc(-c3ccc(-c4cccc5c4sc4ccccc45)cc3)c21. The van der Waals surface area contributed by atoms with E-state index in [-0.39, 0.29) is 5.41 Å². The van der Waals surface area contributed by atoms with Gasteiger partial charge in [-0.05, 0) is 65.2 Å². The number of hydrogen-bond donors (Lipinski definition) is 0. The zero-order chi connectivity index (χ0) is 34.8. The van der Waals surface area contributed by atoms with Crippen molar-refractivity contribution in [3.63, 3.8) is 0 Å². The second-order valence-corrected chi connectivity index (χ2v) is 14.9. The molecule has 1 aliphatic rings. The van der Waals surface area contributed by atoms with Crippen molar-refractivity contribution >= 4 is 31.5 Å². The van der Waals surface area contributed by atoms with E-state index in [0.717, 1.165) is 56.2 Å². The quantitative estimate of drug-likeness (QED) is 0.181. The van der Waals surface area contributed by atoms with Gasteiger partial charge in [0.2, 0.25) is 0 Å². The first-order chi connectivity index (χ1) is 25.5. The van der Waals surface area contributed by atoms with Crippen molar-refractivity contribution in [2.24, 2.45) is 0 Å². The standard InChI is InChI=1S/C47H32N4S/c1-47(2)38-16-5-3-13-37(38)44-42(47)43(30-22-20-29(21-23-30)34-14-11-15-36-35-12-4-6-19-41(35)52-45(34)36)50-46(51-44)33-27-31(39-17-7-9-24-48-39)26-32(28-33)40-18-8-10-25-49-40/h3-28H,1-2H3. The Morgan fingerprint density at radius 1 is 0.481 bits per heavy atom. The van der Waals surface area contributed by atoms with Gasteiger partial charge in [-0.25, -0.2) is 9.97 Å². The summed E-state index contributed by atoms with van der Waals surface area (Å²) < 4.78 is 2.63. The summed E-state index contributed by atoms with van der Waals surface area (Å²) in [6, 6.07) is 51.4. The van der Waals surface area contributed by atoms with Crippen LogP contribution in [0.5, 0.6) is 0 Å². The Hall–Kier alpha value is -6.30. The van der Waals surface area contributed by atoms with Crippen LogP contribution in [0.15, 0.2) is 158 Å². The van der Waals surface area contributed by atoms with Gasteiger partial charge in [0.25, 0.3) is 0 Å². The number of pyridine rings is 2. The molecule has 0 saturated heterocycles. The van der Waals surface area contributed by atoms with Crippen LogP contribution in [0.25, 0.3) is 87.7 Å². The average Bonchev–Trinajstić information content (AvgIpc) is 3.70. The molecule has 0 unspecified atom stereocenters. The molecule has 0 aliphatic heterocycles. The zero-order valence-electron chi connectivity index (χ0n) is 28.7. The van der Waals surface area contributed by atoms with Crippen LogP contribution in [0.4, 0.5) is 0 Å². The maximum absolute atomic E-state index is 5.46. The summed E-state index contributed by atoms with van der Waals surface area (Å²) in [5.74, 6) is 0.676. The van der Waals surface area contributed by atoms with E-state index in [1.165, 1.54) is 36.9 Å². The lowest BCUT2D eigenvalue weighted by atomic mass is 9.80. The van der Waals surface area contributed by atoms with E-state index in [1.807, 2.05) is 60.1 Å². The van der Waals surface area contributed by atoms with Gasteiger partial charge in [0, 0.05) is 71.4 Å².